The summed E-state index contributed by atoms with van der Waals surface area (Å²) in [4.78, 5) is 10.2. The van der Waals surface area contributed by atoms with Gasteiger partial charge < -0.3 is 9.72 Å². The SMILES string of the molecule is CC(C)n1nc(-c2cnc3[nH]cc(C#N)c3c2)cc1C1C2CN(C3COC3)CC21. The summed E-state index contributed by atoms with van der Waals surface area (Å²) < 4.78 is 7.56. The van der Waals surface area contributed by atoms with Gasteiger partial charge in [-0.3, -0.25) is 9.58 Å². The van der Waals surface area contributed by atoms with Crippen molar-refractivity contribution in [3.8, 4) is 17.3 Å². The van der Waals surface area contributed by atoms with E-state index in [1.165, 1.54) is 18.8 Å². The first-order valence-corrected chi connectivity index (χ1v) is 10.4. The number of ether oxygens (including phenoxy) is 1. The van der Waals surface area contributed by atoms with E-state index in [1.54, 1.807) is 6.20 Å². The van der Waals surface area contributed by atoms with Crippen LogP contribution in [0.3, 0.4) is 0 Å². The molecule has 148 valence electrons. The Morgan fingerprint density at radius 1 is 1.24 bits per heavy atom. The normalized spacial score (nSPS) is 26.6. The molecule has 2 aliphatic heterocycles. The summed E-state index contributed by atoms with van der Waals surface area (Å²) in [6, 6.07) is 7.47. The number of H-pyrrole nitrogens is 1. The van der Waals surface area contributed by atoms with Crippen LogP contribution in [-0.2, 0) is 4.74 Å². The molecular weight excluding hydrogens is 364 g/mol. The van der Waals surface area contributed by atoms with Crippen LogP contribution in [0.5, 0.6) is 0 Å². The summed E-state index contributed by atoms with van der Waals surface area (Å²) in [7, 11) is 0. The molecule has 29 heavy (non-hydrogen) atoms. The van der Waals surface area contributed by atoms with Crippen molar-refractivity contribution in [1.29, 1.82) is 5.26 Å². The minimum atomic E-state index is 0.315. The lowest BCUT2D eigenvalue weighted by Gasteiger charge is -2.35. The third-order valence-corrected chi connectivity index (χ3v) is 6.90. The second-order valence-electron chi connectivity index (χ2n) is 8.93. The van der Waals surface area contributed by atoms with Crippen LogP contribution in [0.25, 0.3) is 22.3 Å². The van der Waals surface area contributed by atoms with E-state index < -0.39 is 0 Å². The molecule has 7 heteroatoms. The van der Waals surface area contributed by atoms with Crippen LogP contribution >= 0.6 is 0 Å². The number of hydrogen-bond donors (Lipinski definition) is 1. The predicted molar refractivity (Wildman–Crippen MR) is 108 cm³/mol. The minimum absolute atomic E-state index is 0.315. The number of rotatable bonds is 4. The number of likely N-dealkylation sites (tertiary alicyclic amines) is 1. The average molecular weight is 388 g/mol. The van der Waals surface area contributed by atoms with Gasteiger partial charge in [-0.15, -0.1) is 0 Å². The first kappa shape index (κ1) is 17.2. The predicted octanol–water partition coefficient (Wildman–Crippen LogP) is 2.92. The highest BCUT2D eigenvalue weighted by Crippen LogP contribution is 2.59. The van der Waals surface area contributed by atoms with E-state index in [0.29, 0.717) is 23.6 Å². The second-order valence-corrected chi connectivity index (χ2v) is 8.93. The van der Waals surface area contributed by atoms with Gasteiger partial charge in [0.15, 0.2) is 0 Å². The molecule has 0 amide bonds. The first-order chi connectivity index (χ1) is 14.1. The third-order valence-electron chi connectivity index (χ3n) is 6.90. The van der Waals surface area contributed by atoms with Crippen molar-refractivity contribution < 1.29 is 4.74 Å². The zero-order chi connectivity index (χ0) is 19.7. The van der Waals surface area contributed by atoms with Crippen LogP contribution in [0.2, 0.25) is 0 Å². The summed E-state index contributed by atoms with van der Waals surface area (Å²) in [6.45, 7) is 8.55. The molecule has 0 spiro atoms. The van der Waals surface area contributed by atoms with Crippen molar-refractivity contribution in [2.45, 2.75) is 31.8 Å². The van der Waals surface area contributed by atoms with Crippen molar-refractivity contribution in [1.82, 2.24) is 24.6 Å². The van der Waals surface area contributed by atoms with Gasteiger partial charge in [-0.05, 0) is 37.8 Å². The van der Waals surface area contributed by atoms with E-state index in [9.17, 15) is 5.26 Å². The fourth-order valence-corrected chi connectivity index (χ4v) is 5.18. The van der Waals surface area contributed by atoms with Crippen LogP contribution in [0, 0.1) is 23.2 Å². The molecule has 3 aromatic rings. The first-order valence-electron chi connectivity index (χ1n) is 10.4. The van der Waals surface area contributed by atoms with Gasteiger partial charge in [0.25, 0.3) is 0 Å². The van der Waals surface area contributed by atoms with E-state index in [0.717, 1.165) is 47.3 Å². The van der Waals surface area contributed by atoms with Gasteiger partial charge in [-0.2, -0.15) is 10.4 Å². The molecule has 3 aromatic heterocycles. The molecular formula is C22H24N6O. The van der Waals surface area contributed by atoms with Crippen LogP contribution in [0.1, 0.15) is 37.1 Å². The molecule has 3 fully saturated rings. The van der Waals surface area contributed by atoms with Crippen molar-refractivity contribution in [2.24, 2.45) is 11.8 Å². The number of nitrogens with zero attached hydrogens (tertiary/aromatic N) is 5. The van der Waals surface area contributed by atoms with Gasteiger partial charge in [-0.25, -0.2) is 4.98 Å². The Morgan fingerprint density at radius 3 is 2.69 bits per heavy atom. The lowest BCUT2D eigenvalue weighted by atomic mass is 10.1. The molecule has 0 radical (unpaired) electrons. The van der Waals surface area contributed by atoms with Gasteiger partial charge in [0.2, 0.25) is 0 Å². The molecule has 0 aromatic carbocycles. The smallest absolute Gasteiger partial charge is 0.138 e. The highest BCUT2D eigenvalue weighted by atomic mass is 16.5. The van der Waals surface area contributed by atoms with Crippen LogP contribution < -0.4 is 0 Å². The fourth-order valence-electron chi connectivity index (χ4n) is 5.18. The van der Waals surface area contributed by atoms with Gasteiger partial charge >= 0.3 is 0 Å². The topological polar surface area (TPSA) is 82.8 Å². The lowest BCUT2D eigenvalue weighted by Crippen LogP contribution is -2.48. The van der Waals surface area contributed by atoms with Gasteiger partial charge in [0.05, 0.1) is 30.5 Å². The maximum Gasteiger partial charge on any atom is 0.138 e. The lowest BCUT2D eigenvalue weighted by molar-refractivity contribution is -0.0610. The molecule has 7 nitrogen and oxygen atoms in total. The number of hydrogen-bond acceptors (Lipinski definition) is 5. The number of nitrogens with one attached hydrogen (secondary N) is 1. The number of aromatic amines is 1. The van der Waals surface area contributed by atoms with Crippen molar-refractivity contribution >= 4 is 11.0 Å². The zero-order valence-corrected chi connectivity index (χ0v) is 16.7. The molecule has 2 atom stereocenters. The highest BCUT2D eigenvalue weighted by molar-refractivity contribution is 5.86. The Balaban J connectivity index is 1.32. The average Bonchev–Trinajstić information content (AvgIpc) is 3.10. The van der Waals surface area contributed by atoms with Crippen LogP contribution in [0.4, 0.5) is 0 Å². The molecule has 5 heterocycles. The van der Waals surface area contributed by atoms with Crippen molar-refractivity contribution in [3.63, 3.8) is 0 Å². The number of nitriles is 1. The van der Waals surface area contributed by atoms with E-state index in [-0.39, 0.29) is 0 Å². The Morgan fingerprint density at radius 2 is 2.03 bits per heavy atom. The maximum atomic E-state index is 9.33. The molecule has 6 rings (SSSR count). The Kier molecular flexibility index (Phi) is 3.65. The minimum Gasteiger partial charge on any atom is -0.378 e. The van der Waals surface area contributed by atoms with Gasteiger partial charge in [0.1, 0.15) is 11.7 Å². The third kappa shape index (κ3) is 2.56. The van der Waals surface area contributed by atoms with E-state index in [2.05, 4.69) is 45.5 Å². The van der Waals surface area contributed by atoms with Gasteiger partial charge in [-0.1, -0.05) is 0 Å². The molecule has 1 saturated carbocycles. The number of aromatic nitrogens is 4. The molecule has 1 N–H and O–H groups in total. The van der Waals surface area contributed by atoms with Crippen molar-refractivity contribution in [2.75, 3.05) is 26.3 Å². The Labute approximate surface area is 169 Å². The second kappa shape index (κ2) is 6.15. The molecule has 0 bridgehead atoms. The number of pyridine rings is 1. The molecule has 3 aliphatic rings. The van der Waals surface area contributed by atoms with E-state index in [4.69, 9.17) is 9.84 Å². The summed E-state index contributed by atoms with van der Waals surface area (Å²) in [6.07, 6.45) is 3.56. The van der Waals surface area contributed by atoms with Gasteiger partial charge in [0, 0.05) is 54.1 Å². The molecule has 2 saturated heterocycles. The number of piperidine rings is 1. The van der Waals surface area contributed by atoms with E-state index in [1.807, 2.05) is 12.3 Å². The summed E-state index contributed by atoms with van der Waals surface area (Å²) >= 11 is 0. The molecule has 2 unspecified atom stereocenters. The quantitative estimate of drug-likeness (QED) is 0.743. The zero-order valence-electron chi connectivity index (χ0n) is 16.7. The Hall–Kier alpha value is -2.69. The van der Waals surface area contributed by atoms with Crippen LogP contribution in [0.15, 0.2) is 24.5 Å². The number of fused-ring (bicyclic) bond motifs is 2. The maximum absolute atomic E-state index is 9.33. The largest absolute Gasteiger partial charge is 0.378 e. The monoisotopic (exact) mass is 388 g/mol. The molecule has 1 aliphatic carbocycles. The fraction of sp³-hybridized carbons (Fsp3) is 0.500. The summed E-state index contributed by atoms with van der Waals surface area (Å²) in [5.74, 6) is 2.09. The highest BCUT2D eigenvalue weighted by Gasteiger charge is 2.58. The standard InChI is InChI=1S/C22H24N6O/c1-12(2)28-20(21-17-8-27(9-18(17)21)15-10-29-11-15)4-19(26-28)13-3-16-14(5-23)7-25-22(16)24-6-13/h3-4,6-7,12,15,17-18,21H,8-11H2,1-2H3,(H,24,25). The Bertz CT molecular complexity index is 1120. The summed E-state index contributed by atoms with van der Waals surface area (Å²) in [5, 5.41) is 15.1. The summed E-state index contributed by atoms with van der Waals surface area (Å²) in [5.41, 5.74) is 4.63. The van der Waals surface area contributed by atoms with Crippen LogP contribution in [-0.4, -0.2) is 57.0 Å². The van der Waals surface area contributed by atoms with E-state index >= 15 is 0 Å². The van der Waals surface area contributed by atoms with Crippen molar-refractivity contribution in [3.05, 3.63) is 35.8 Å².